The summed E-state index contributed by atoms with van der Waals surface area (Å²) in [5.74, 6) is -2.11. The smallest absolute Gasteiger partial charge is 0.338 e. The van der Waals surface area contributed by atoms with Gasteiger partial charge in [-0.25, -0.2) is 56.5 Å². The quantitative estimate of drug-likeness (QED) is 0.0144. The van der Waals surface area contributed by atoms with E-state index in [4.69, 9.17) is 81.7 Å². The van der Waals surface area contributed by atoms with Crippen molar-refractivity contribution < 1.29 is 89.6 Å². The van der Waals surface area contributed by atoms with Crippen molar-refractivity contribution in [3.63, 3.8) is 0 Å². The molecule has 1 radical (unpaired) electrons. The molecule has 0 spiro atoms. The van der Waals surface area contributed by atoms with E-state index in [0.717, 1.165) is 55.0 Å². The molecule has 0 bridgehead atoms. The molecule has 19 nitrogen and oxygen atoms in total. The lowest BCUT2D eigenvalue weighted by Gasteiger charge is -2.37. The molecule has 0 atom stereocenters. The first-order chi connectivity index (χ1) is 63.2. The number of ether oxygens (including phenoxy) is 4. The van der Waals surface area contributed by atoms with Crippen LogP contribution in [0.2, 0.25) is 43.9 Å². The molecule has 0 aliphatic rings. The second-order valence-corrected chi connectivity index (χ2v) is 43.1. The normalized spacial score (nSPS) is 11.5. The number of esters is 2. The molecule has 36 heteroatoms. The number of ketones is 2. The van der Waals surface area contributed by atoms with Crippen LogP contribution in [0.5, 0.6) is 11.5 Å². The van der Waals surface area contributed by atoms with Crippen LogP contribution in [0.3, 0.4) is 0 Å². The number of aliphatic hydroxyl groups is 4. The van der Waals surface area contributed by atoms with Gasteiger partial charge >= 0.3 is 19.4 Å². The number of rotatable bonds is 24. The SMILES string of the molecule is CC(C)(C)[Si](C)(C)OCc1cc(Cl)nc(-c2csc3c(F)cccc23)c1.CC(C)(O)C(C)(C)O[B]c1csc2c(F)cccc12.COC(=O)c1cc(Cl)nc(-c2csc3c(F)cccc23)c1.COC(=O)c1cc(Cl)nc(Cl)c1.COc1cc(C(=O)CCC(=O)c2cc(CO)cc(-c3csc4c(F)cccc34)n2)ccc1OCCO.OCc1cc(Cl)nc(-c2csc3c(F)cccc23)c1. The zero-order chi connectivity index (χ0) is 96.6. The Morgan fingerprint density at radius 3 is 1.23 bits per heavy atom. The summed E-state index contributed by atoms with van der Waals surface area (Å²) in [6.45, 7) is 18.2. The molecular weight excluding hydrogens is 1930 g/mol. The van der Waals surface area contributed by atoms with Gasteiger partial charge in [-0.2, -0.15) is 0 Å². The first-order valence-corrected chi connectivity index (χ1v) is 49.8. The van der Waals surface area contributed by atoms with Crippen molar-refractivity contribution in [1.82, 2.24) is 24.9 Å². The highest BCUT2D eigenvalue weighted by atomic mass is 35.5. The van der Waals surface area contributed by atoms with E-state index in [9.17, 15) is 56.4 Å². The van der Waals surface area contributed by atoms with Crippen molar-refractivity contribution in [3.8, 4) is 56.5 Å². The van der Waals surface area contributed by atoms with Gasteiger partial charge < -0.3 is 48.5 Å². The molecule has 10 heterocycles. The van der Waals surface area contributed by atoms with Gasteiger partial charge in [-0.3, -0.25) is 9.59 Å². The van der Waals surface area contributed by atoms with Crippen LogP contribution in [0.1, 0.15) is 120 Å². The van der Waals surface area contributed by atoms with Crippen LogP contribution in [-0.2, 0) is 38.4 Å². The van der Waals surface area contributed by atoms with E-state index >= 15 is 0 Å². The maximum Gasteiger partial charge on any atom is 0.338 e. The zero-order valence-corrected chi connectivity index (χ0v) is 82.4. The number of methoxy groups -OCH3 is 3. The Morgan fingerprint density at radius 2 is 0.805 bits per heavy atom. The Morgan fingerprint density at radius 1 is 0.429 bits per heavy atom. The molecule has 0 saturated carbocycles. The van der Waals surface area contributed by atoms with E-state index in [0.29, 0.717) is 108 Å². The predicted molar refractivity (Wildman–Crippen MR) is 528 cm³/mol. The van der Waals surface area contributed by atoms with Crippen molar-refractivity contribution >= 4 is 210 Å². The van der Waals surface area contributed by atoms with E-state index in [2.05, 4.69) is 68.3 Å². The predicted octanol–water partition coefficient (Wildman–Crippen LogP) is 25.9. The topological polar surface area (TPSA) is 269 Å². The summed E-state index contributed by atoms with van der Waals surface area (Å²) in [7, 11) is 3.77. The Balaban J connectivity index is 0.000000158. The highest BCUT2D eigenvalue weighted by Crippen LogP contribution is 2.43. The Bertz CT molecular complexity index is 6890. The number of benzene rings is 6. The molecule has 16 rings (SSSR count). The number of Topliss-reactive ketones (excluding diaryl/α,β-unsaturated/α-hetero) is 2. The average Bonchev–Trinajstić information content (AvgIpc) is 1.66. The largest absolute Gasteiger partial charge is 0.493 e. The van der Waals surface area contributed by atoms with Gasteiger partial charge in [0.25, 0.3) is 0 Å². The third kappa shape index (κ3) is 26.1. The van der Waals surface area contributed by atoms with Crippen molar-refractivity contribution in [2.75, 3.05) is 34.5 Å². The highest BCUT2D eigenvalue weighted by Gasteiger charge is 2.38. The summed E-state index contributed by atoms with van der Waals surface area (Å²) in [4.78, 5) is 69.4. The van der Waals surface area contributed by atoms with Crippen LogP contribution >= 0.6 is 115 Å². The van der Waals surface area contributed by atoms with Crippen molar-refractivity contribution in [1.29, 1.82) is 0 Å². The fourth-order valence-electron chi connectivity index (χ4n) is 12.5. The molecule has 0 aliphatic heterocycles. The minimum Gasteiger partial charge on any atom is -0.493 e. The number of aliphatic hydroxyl groups excluding tert-OH is 3. The summed E-state index contributed by atoms with van der Waals surface area (Å²) in [5, 5.41) is 52.4. The maximum atomic E-state index is 14.1. The molecule has 10 aromatic heterocycles. The second-order valence-electron chi connectivity index (χ2n) is 32.0. The number of pyridine rings is 5. The summed E-state index contributed by atoms with van der Waals surface area (Å²) in [5.41, 5.74) is 7.90. The number of aromatic nitrogens is 5. The van der Waals surface area contributed by atoms with E-state index < -0.39 is 31.5 Å². The lowest BCUT2D eigenvalue weighted by atomic mass is 9.82. The van der Waals surface area contributed by atoms with Crippen molar-refractivity contribution in [2.45, 2.75) is 110 Å². The number of carbonyl (C=O) groups is 4. The Hall–Kier alpha value is -10.1. The molecule has 0 fully saturated rings. The molecule has 4 N–H and O–H groups in total. The molecule has 0 unspecified atom stereocenters. The van der Waals surface area contributed by atoms with Crippen molar-refractivity contribution in [3.05, 3.63) is 291 Å². The van der Waals surface area contributed by atoms with Gasteiger partial charge in [0.05, 0.1) is 116 Å². The number of thiophene rings is 5. The van der Waals surface area contributed by atoms with Crippen LogP contribution in [0.15, 0.2) is 197 Å². The second kappa shape index (κ2) is 46.0. The minimum atomic E-state index is -1.85. The molecule has 0 aliphatic carbocycles. The highest BCUT2D eigenvalue weighted by molar-refractivity contribution is 7.19. The van der Waals surface area contributed by atoms with E-state index in [1.54, 1.807) is 105 Å². The number of hydrogen-bond donors (Lipinski definition) is 4. The fraction of sp³-hybridized carbons (Fsp3) is 0.227. The summed E-state index contributed by atoms with van der Waals surface area (Å²) >= 11 is 35.9. The van der Waals surface area contributed by atoms with Gasteiger partial charge in [0.15, 0.2) is 31.4 Å². The number of hydrogen-bond acceptors (Lipinski definition) is 24. The molecule has 6 aromatic carbocycles. The average molecular weight is 2020 g/mol. The first kappa shape index (κ1) is 103. The van der Waals surface area contributed by atoms with Crippen LogP contribution in [-0.4, -0.2) is 130 Å². The third-order valence-electron chi connectivity index (χ3n) is 21.3. The summed E-state index contributed by atoms with van der Waals surface area (Å²) in [6.07, 6.45) is -0.129. The number of halogens is 10. The summed E-state index contributed by atoms with van der Waals surface area (Å²) < 4.78 is 104. The van der Waals surface area contributed by atoms with Gasteiger partial charge in [-0.1, -0.05) is 139 Å². The molecule has 691 valence electrons. The van der Waals surface area contributed by atoms with Gasteiger partial charge in [-0.05, 0) is 188 Å². The van der Waals surface area contributed by atoms with Crippen LogP contribution in [0.25, 0.3) is 95.5 Å². The number of carbonyl (C=O) groups excluding carboxylic acids is 4. The van der Waals surface area contributed by atoms with Gasteiger partial charge in [0.1, 0.15) is 67.2 Å². The summed E-state index contributed by atoms with van der Waals surface area (Å²) in [6, 6.07) is 45.6. The molecule has 16 aromatic rings. The lowest BCUT2D eigenvalue weighted by molar-refractivity contribution is -0.0892. The number of nitrogens with zero attached hydrogens (tertiary/aromatic N) is 5. The van der Waals surface area contributed by atoms with Gasteiger partial charge in [-0.15, -0.1) is 56.7 Å². The van der Waals surface area contributed by atoms with E-state index in [1.807, 2.05) is 66.4 Å². The molecule has 133 heavy (non-hydrogen) atoms. The molecule has 0 amide bonds. The van der Waals surface area contributed by atoms with Crippen LogP contribution in [0.4, 0.5) is 22.0 Å². The van der Waals surface area contributed by atoms with Crippen LogP contribution in [0, 0.1) is 29.1 Å². The lowest BCUT2D eigenvalue weighted by Crippen LogP contribution is -2.49. The van der Waals surface area contributed by atoms with Crippen molar-refractivity contribution in [2.24, 2.45) is 0 Å². The molecular formula is C97H87BCl5F5N5O14S5Si. The number of fused-ring (bicyclic) bond motifs is 5. The van der Waals surface area contributed by atoms with Crippen LogP contribution < -0.4 is 14.9 Å². The van der Waals surface area contributed by atoms with E-state index in [1.165, 1.54) is 139 Å². The fourth-order valence-corrected chi connectivity index (χ4v) is 19.4. The van der Waals surface area contributed by atoms with Gasteiger partial charge in [0, 0.05) is 83.7 Å². The Kier molecular flexibility index (Phi) is 35.7. The Labute approximate surface area is 810 Å². The molecule has 0 saturated heterocycles. The first-order valence-electron chi connectivity index (χ1n) is 40.6. The maximum absolute atomic E-state index is 14.1. The minimum absolute atomic E-state index is 0.0498. The zero-order valence-electron chi connectivity index (χ0n) is 73.5. The third-order valence-corrected chi connectivity index (χ3v) is 31.8. The monoisotopic (exact) mass is 2010 g/mol. The van der Waals surface area contributed by atoms with Gasteiger partial charge in [0.2, 0.25) is 0 Å². The van der Waals surface area contributed by atoms with E-state index in [-0.39, 0.29) is 106 Å². The standard InChI is InChI=1S/C27H24FNO6S.C20H23ClFNOSSi.C15H9ClFNO2S.C14H17BFO2S.C14H9ClFNOS.C7H5Cl2NO2/c1-34-26-13-17(5-8-25(26)35-10-9-30)23(32)6-7-24(33)22-12-16(14-31)11-21(29-22)19-15-36-27-18(19)3-2-4-20(27)28;1-20(2,3)26(4,5)24-11-13-9-17(23-18(21)10-13)15-12-25-19-14(15)7-6-8-16(19)22;1-20-15(19)8-5-12(18-13(16)6-8)10-7-21-14-9(10)3-2-4-11(14)17;1-13(2,17)14(3,4)18-15-10-8-19-12-9(10)6-5-7-11(12)16;15-13-5-8(6-18)4-12(17-13)10-7-19-14-9(10)2-1-3-11(14)16;1-12-7(11)4-2-5(8)10-6(9)3-4/h2-5,8,11-13,15,30-31H,6-7,9-10,14H2,1H3;6-10,12H,11H2,1-5H3;2-7H,1H3;5-8,17H,1-4H3;1-5,7,18H,6H2;2-3H,1H3.